The Balaban J connectivity index is 1.93. The molecule has 2 rings (SSSR count). The second-order valence-electron chi connectivity index (χ2n) is 5.59. The molecule has 1 aliphatic carbocycles. The molecule has 20 heavy (non-hydrogen) atoms. The summed E-state index contributed by atoms with van der Waals surface area (Å²) in [5.41, 5.74) is -1.55. The van der Waals surface area contributed by atoms with Crippen LogP contribution >= 0.6 is 0 Å². The van der Waals surface area contributed by atoms with Crippen molar-refractivity contribution in [3.05, 3.63) is 18.5 Å². The summed E-state index contributed by atoms with van der Waals surface area (Å²) in [5.74, 6) is -0.270. The lowest BCUT2D eigenvalue weighted by atomic mass is 9.67. The molecule has 1 saturated carbocycles. The molecule has 1 heterocycles. The van der Waals surface area contributed by atoms with Crippen LogP contribution in [0.15, 0.2) is 18.5 Å². The minimum absolute atomic E-state index is 0.344. The van der Waals surface area contributed by atoms with Gasteiger partial charge in [0.25, 0.3) is 0 Å². The zero-order valence-corrected chi connectivity index (χ0v) is 11.7. The van der Waals surface area contributed by atoms with Crippen molar-refractivity contribution in [1.82, 2.24) is 9.97 Å². The molecule has 1 aromatic heterocycles. The monoisotopic (exact) mass is 279 g/mol. The summed E-state index contributed by atoms with van der Waals surface area (Å²) in [6.07, 6.45) is 5.84. The number of carbonyl (C=O) groups is 1. The summed E-state index contributed by atoms with van der Waals surface area (Å²) in [7, 11) is 0. The normalized spacial score (nSPS) is 29.9. The molecule has 1 fully saturated rings. The molecule has 0 amide bonds. The van der Waals surface area contributed by atoms with E-state index in [1.54, 1.807) is 18.5 Å². The number of nitrogens with one attached hydrogen (secondary N) is 1. The van der Waals surface area contributed by atoms with Crippen LogP contribution in [0.2, 0.25) is 0 Å². The van der Waals surface area contributed by atoms with Crippen molar-refractivity contribution in [2.75, 3.05) is 11.9 Å². The average Bonchev–Trinajstić information content (AvgIpc) is 2.47. The standard InChI is InChI=1S/C14H21N3O3/c1-2-13(11(18)19)4-6-14(20,7-5-13)10-17-12-15-8-3-9-16-12/h3,8-9,20H,2,4-7,10H2,1H3,(H,18,19)(H,15,16,17). The lowest BCUT2D eigenvalue weighted by Gasteiger charge is -2.41. The van der Waals surface area contributed by atoms with Gasteiger partial charge in [-0.15, -0.1) is 0 Å². The van der Waals surface area contributed by atoms with Crippen molar-refractivity contribution in [3.63, 3.8) is 0 Å². The lowest BCUT2D eigenvalue weighted by molar-refractivity contribution is -0.154. The van der Waals surface area contributed by atoms with Crippen molar-refractivity contribution < 1.29 is 15.0 Å². The van der Waals surface area contributed by atoms with E-state index in [1.165, 1.54) is 0 Å². The molecule has 0 unspecified atom stereocenters. The van der Waals surface area contributed by atoms with Crippen molar-refractivity contribution in [3.8, 4) is 0 Å². The Hall–Kier alpha value is -1.69. The van der Waals surface area contributed by atoms with Gasteiger partial charge in [0.2, 0.25) is 5.95 Å². The minimum atomic E-state index is -0.882. The maximum Gasteiger partial charge on any atom is 0.309 e. The maximum absolute atomic E-state index is 11.4. The number of aromatic nitrogens is 2. The molecule has 0 aromatic carbocycles. The molecule has 0 aliphatic heterocycles. The Morgan fingerprint density at radius 1 is 1.30 bits per heavy atom. The zero-order chi connectivity index (χ0) is 14.6. The van der Waals surface area contributed by atoms with Crippen molar-refractivity contribution in [1.29, 1.82) is 0 Å². The summed E-state index contributed by atoms with van der Waals surface area (Å²) in [6, 6.07) is 1.73. The highest BCUT2D eigenvalue weighted by atomic mass is 16.4. The molecule has 0 saturated heterocycles. The highest BCUT2D eigenvalue weighted by molar-refractivity contribution is 5.74. The van der Waals surface area contributed by atoms with E-state index in [-0.39, 0.29) is 0 Å². The van der Waals surface area contributed by atoms with E-state index in [0.29, 0.717) is 44.6 Å². The van der Waals surface area contributed by atoms with Crippen molar-refractivity contribution in [2.45, 2.75) is 44.6 Å². The number of aliphatic carboxylic acids is 1. The number of anilines is 1. The topological polar surface area (TPSA) is 95.3 Å². The third kappa shape index (κ3) is 3.07. The molecule has 110 valence electrons. The number of hydrogen-bond acceptors (Lipinski definition) is 5. The fourth-order valence-electron chi connectivity index (χ4n) is 2.72. The number of carboxylic acids is 1. The van der Waals surface area contributed by atoms with Crippen molar-refractivity contribution >= 4 is 11.9 Å². The molecule has 3 N–H and O–H groups in total. The summed E-state index contributed by atoms with van der Waals surface area (Å²) in [6.45, 7) is 2.24. The second kappa shape index (κ2) is 5.75. The Labute approximate surface area is 118 Å². The maximum atomic E-state index is 11.4. The van der Waals surface area contributed by atoms with Gasteiger partial charge < -0.3 is 15.5 Å². The van der Waals surface area contributed by atoms with Gasteiger partial charge >= 0.3 is 5.97 Å². The first-order valence-corrected chi connectivity index (χ1v) is 6.96. The minimum Gasteiger partial charge on any atom is -0.481 e. The molecule has 1 aliphatic rings. The fourth-order valence-corrected chi connectivity index (χ4v) is 2.72. The average molecular weight is 279 g/mol. The molecular weight excluding hydrogens is 258 g/mol. The zero-order valence-electron chi connectivity index (χ0n) is 11.7. The lowest BCUT2D eigenvalue weighted by Crippen LogP contribution is -2.46. The molecule has 0 bridgehead atoms. The Kier molecular flexibility index (Phi) is 4.23. The smallest absolute Gasteiger partial charge is 0.309 e. The Morgan fingerprint density at radius 3 is 2.40 bits per heavy atom. The summed E-state index contributed by atoms with van der Waals surface area (Å²) >= 11 is 0. The van der Waals surface area contributed by atoms with Gasteiger partial charge in [0.15, 0.2) is 0 Å². The van der Waals surface area contributed by atoms with Gasteiger partial charge in [-0.25, -0.2) is 9.97 Å². The van der Waals surface area contributed by atoms with Crippen LogP contribution in [-0.2, 0) is 4.79 Å². The number of carboxylic acid groups (broad SMARTS) is 1. The van der Waals surface area contributed by atoms with Crippen LogP contribution in [0.4, 0.5) is 5.95 Å². The van der Waals surface area contributed by atoms with Gasteiger partial charge in [-0.3, -0.25) is 4.79 Å². The Bertz CT molecular complexity index is 456. The van der Waals surface area contributed by atoms with Crippen LogP contribution in [0.1, 0.15) is 39.0 Å². The number of aliphatic hydroxyl groups is 1. The largest absolute Gasteiger partial charge is 0.481 e. The highest BCUT2D eigenvalue weighted by Crippen LogP contribution is 2.43. The van der Waals surface area contributed by atoms with Gasteiger partial charge in [-0.2, -0.15) is 0 Å². The summed E-state index contributed by atoms with van der Waals surface area (Å²) in [5, 5.41) is 22.9. The number of nitrogens with zero attached hydrogens (tertiary/aromatic N) is 2. The van der Waals surface area contributed by atoms with Gasteiger partial charge in [-0.05, 0) is 38.2 Å². The van der Waals surface area contributed by atoms with Crippen LogP contribution in [0, 0.1) is 5.41 Å². The number of rotatable bonds is 5. The van der Waals surface area contributed by atoms with Crippen molar-refractivity contribution in [2.24, 2.45) is 5.41 Å². The van der Waals surface area contributed by atoms with E-state index in [9.17, 15) is 15.0 Å². The highest BCUT2D eigenvalue weighted by Gasteiger charge is 2.45. The molecule has 6 nitrogen and oxygen atoms in total. The summed E-state index contributed by atoms with van der Waals surface area (Å²) in [4.78, 5) is 19.5. The van der Waals surface area contributed by atoms with E-state index in [1.807, 2.05) is 6.92 Å². The van der Waals surface area contributed by atoms with E-state index in [4.69, 9.17) is 0 Å². The van der Waals surface area contributed by atoms with E-state index in [0.717, 1.165) is 0 Å². The van der Waals surface area contributed by atoms with E-state index >= 15 is 0 Å². The molecule has 1 aromatic rings. The quantitative estimate of drug-likeness (QED) is 0.759. The van der Waals surface area contributed by atoms with E-state index in [2.05, 4.69) is 15.3 Å². The van der Waals surface area contributed by atoms with Crippen LogP contribution in [0.25, 0.3) is 0 Å². The van der Waals surface area contributed by atoms with Crippen LogP contribution in [0.3, 0.4) is 0 Å². The molecule has 0 atom stereocenters. The SMILES string of the molecule is CCC1(C(=O)O)CCC(O)(CNc2ncccn2)CC1. The molecular formula is C14H21N3O3. The first-order chi connectivity index (χ1) is 9.50. The third-order valence-corrected chi connectivity index (χ3v) is 4.41. The first-order valence-electron chi connectivity index (χ1n) is 6.96. The molecule has 6 heteroatoms. The van der Waals surface area contributed by atoms with Gasteiger partial charge in [-0.1, -0.05) is 6.92 Å². The van der Waals surface area contributed by atoms with Gasteiger partial charge in [0.05, 0.1) is 11.0 Å². The van der Waals surface area contributed by atoms with Crippen LogP contribution < -0.4 is 5.32 Å². The van der Waals surface area contributed by atoms with E-state index < -0.39 is 17.0 Å². The summed E-state index contributed by atoms with van der Waals surface area (Å²) < 4.78 is 0. The predicted octanol–water partition coefficient (Wildman–Crippen LogP) is 1.67. The van der Waals surface area contributed by atoms with Crippen LogP contribution in [0.5, 0.6) is 0 Å². The van der Waals surface area contributed by atoms with Crippen LogP contribution in [-0.4, -0.2) is 38.3 Å². The molecule has 0 spiro atoms. The first kappa shape index (κ1) is 14.7. The third-order valence-electron chi connectivity index (χ3n) is 4.41. The molecule has 0 radical (unpaired) electrons. The van der Waals surface area contributed by atoms with Gasteiger partial charge in [0.1, 0.15) is 0 Å². The van der Waals surface area contributed by atoms with Gasteiger partial charge in [0, 0.05) is 18.9 Å². The fraction of sp³-hybridized carbons (Fsp3) is 0.643. The predicted molar refractivity (Wildman–Crippen MR) is 74.3 cm³/mol. The number of hydrogen-bond donors (Lipinski definition) is 3. The Morgan fingerprint density at radius 2 is 1.90 bits per heavy atom. The second-order valence-corrected chi connectivity index (χ2v) is 5.59.